The number of amides is 1. The zero-order valence-electron chi connectivity index (χ0n) is 11.3. The second kappa shape index (κ2) is 6.35. The maximum Gasteiger partial charge on any atom is 0.282 e. The Labute approximate surface area is 126 Å². The van der Waals surface area contributed by atoms with Gasteiger partial charge in [0.1, 0.15) is 5.56 Å². The van der Waals surface area contributed by atoms with Gasteiger partial charge in [-0.05, 0) is 31.2 Å². The molecule has 2 unspecified atom stereocenters. The van der Waals surface area contributed by atoms with E-state index in [0.29, 0.717) is 11.5 Å². The molecule has 1 aromatic carbocycles. The largest absolute Gasteiger partial charge is 0.349 e. The monoisotopic (exact) mass is 340 g/mol. The van der Waals surface area contributed by atoms with Crippen LogP contribution in [0.1, 0.15) is 35.2 Å². The second-order valence-electron chi connectivity index (χ2n) is 5.15. The summed E-state index contributed by atoms with van der Waals surface area (Å²) in [6.45, 7) is 1.72. The van der Waals surface area contributed by atoms with Crippen molar-refractivity contribution in [3.05, 3.63) is 39.4 Å². The van der Waals surface area contributed by atoms with Crippen molar-refractivity contribution in [1.82, 2.24) is 5.32 Å². The van der Waals surface area contributed by atoms with Gasteiger partial charge in [0.05, 0.1) is 4.92 Å². The fourth-order valence-corrected chi connectivity index (χ4v) is 3.53. The third kappa shape index (κ3) is 3.00. The van der Waals surface area contributed by atoms with Crippen molar-refractivity contribution in [2.24, 2.45) is 5.92 Å². The Bertz CT molecular complexity index is 533. The molecule has 0 bridgehead atoms. The number of hydrogen-bond donors (Lipinski definition) is 1. The number of aryl methyl sites for hydroxylation is 1. The zero-order valence-corrected chi connectivity index (χ0v) is 12.9. The van der Waals surface area contributed by atoms with Crippen LogP contribution < -0.4 is 5.32 Å². The number of hydrogen-bond acceptors (Lipinski definition) is 3. The summed E-state index contributed by atoms with van der Waals surface area (Å²) >= 11 is 3.46. The maximum absolute atomic E-state index is 12.4. The highest BCUT2D eigenvalue weighted by molar-refractivity contribution is 9.09. The van der Waals surface area contributed by atoms with Crippen LogP contribution in [-0.4, -0.2) is 22.2 Å². The van der Waals surface area contributed by atoms with Crippen LogP contribution in [0.3, 0.4) is 0 Å². The molecule has 0 aromatic heterocycles. The van der Waals surface area contributed by atoms with E-state index in [4.69, 9.17) is 0 Å². The topological polar surface area (TPSA) is 72.2 Å². The molecule has 2 atom stereocenters. The van der Waals surface area contributed by atoms with Crippen molar-refractivity contribution in [3.63, 3.8) is 0 Å². The lowest BCUT2D eigenvalue weighted by Crippen LogP contribution is -2.38. The number of benzene rings is 1. The van der Waals surface area contributed by atoms with Crippen LogP contribution in [0.25, 0.3) is 0 Å². The average molecular weight is 341 g/mol. The molecule has 0 spiro atoms. The minimum atomic E-state index is -0.501. The van der Waals surface area contributed by atoms with Gasteiger partial charge in [-0.1, -0.05) is 34.5 Å². The van der Waals surface area contributed by atoms with E-state index in [1.165, 1.54) is 6.07 Å². The average Bonchev–Trinajstić information content (AvgIpc) is 2.85. The summed E-state index contributed by atoms with van der Waals surface area (Å²) < 4.78 is 0. The number of nitro groups is 1. The molecule has 0 heterocycles. The van der Waals surface area contributed by atoms with Crippen LogP contribution in [0.5, 0.6) is 0 Å². The van der Waals surface area contributed by atoms with Crippen molar-refractivity contribution in [1.29, 1.82) is 0 Å². The first kappa shape index (κ1) is 15.0. The zero-order chi connectivity index (χ0) is 14.7. The van der Waals surface area contributed by atoms with Crippen LogP contribution >= 0.6 is 15.9 Å². The van der Waals surface area contributed by atoms with Crippen LogP contribution in [0.4, 0.5) is 5.69 Å². The molecule has 108 valence electrons. The molecule has 1 saturated carbocycles. The van der Waals surface area contributed by atoms with Gasteiger partial charge in [0.25, 0.3) is 11.6 Å². The standard InChI is InChI=1S/C14H17BrN2O3/c1-9-4-2-7-12(17(19)20)13(9)14(18)16-11-6-3-5-10(11)8-15/h2,4,7,10-11H,3,5-6,8H2,1H3,(H,16,18). The molecular formula is C14H17BrN2O3. The fourth-order valence-electron chi connectivity index (χ4n) is 2.75. The van der Waals surface area contributed by atoms with E-state index < -0.39 is 4.92 Å². The van der Waals surface area contributed by atoms with Crippen LogP contribution in [-0.2, 0) is 0 Å². The minimum Gasteiger partial charge on any atom is -0.349 e. The lowest BCUT2D eigenvalue weighted by Gasteiger charge is -2.19. The van der Waals surface area contributed by atoms with Crippen LogP contribution in [0.15, 0.2) is 18.2 Å². The van der Waals surface area contributed by atoms with Gasteiger partial charge in [-0.15, -0.1) is 0 Å². The van der Waals surface area contributed by atoms with Crippen LogP contribution in [0.2, 0.25) is 0 Å². The Kier molecular flexibility index (Phi) is 4.75. The SMILES string of the molecule is Cc1cccc([N+](=O)[O-])c1C(=O)NC1CCCC1CBr. The number of nitro benzene ring substituents is 1. The molecule has 0 radical (unpaired) electrons. The van der Waals surface area contributed by atoms with Gasteiger partial charge in [-0.25, -0.2) is 0 Å². The summed E-state index contributed by atoms with van der Waals surface area (Å²) in [5, 5.41) is 14.9. The number of carbonyl (C=O) groups excluding carboxylic acids is 1. The number of carbonyl (C=O) groups is 1. The lowest BCUT2D eigenvalue weighted by atomic mass is 10.0. The van der Waals surface area contributed by atoms with Crippen molar-refractivity contribution < 1.29 is 9.72 Å². The summed E-state index contributed by atoms with van der Waals surface area (Å²) in [4.78, 5) is 22.9. The molecule has 2 rings (SSSR count). The Hall–Kier alpha value is -1.43. The normalized spacial score (nSPS) is 21.7. The molecule has 1 aromatic rings. The van der Waals surface area contributed by atoms with Gasteiger partial charge in [0.2, 0.25) is 0 Å². The molecule has 1 amide bonds. The number of alkyl halides is 1. The molecule has 20 heavy (non-hydrogen) atoms. The van der Waals surface area contributed by atoms with Crippen molar-refractivity contribution in [2.75, 3.05) is 5.33 Å². The van der Waals surface area contributed by atoms with Crippen molar-refractivity contribution >= 4 is 27.5 Å². The third-order valence-electron chi connectivity index (χ3n) is 3.85. The highest BCUT2D eigenvalue weighted by Gasteiger charge is 2.30. The van der Waals surface area contributed by atoms with E-state index in [1.54, 1.807) is 19.1 Å². The van der Waals surface area contributed by atoms with E-state index in [9.17, 15) is 14.9 Å². The van der Waals surface area contributed by atoms with E-state index in [0.717, 1.165) is 24.6 Å². The molecule has 1 aliphatic carbocycles. The maximum atomic E-state index is 12.4. The quantitative estimate of drug-likeness (QED) is 0.519. The summed E-state index contributed by atoms with van der Waals surface area (Å²) in [6, 6.07) is 4.79. The molecule has 6 heteroatoms. The first-order valence-electron chi connectivity index (χ1n) is 6.65. The summed E-state index contributed by atoms with van der Waals surface area (Å²) in [5.74, 6) is 0.0645. The number of halogens is 1. The summed E-state index contributed by atoms with van der Waals surface area (Å²) in [6.07, 6.45) is 3.09. The van der Waals surface area contributed by atoms with Gasteiger partial charge in [0.15, 0.2) is 0 Å². The number of nitrogens with zero attached hydrogens (tertiary/aromatic N) is 1. The summed E-state index contributed by atoms with van der Waals surface area (Å²) in [7, 11) is 0. The first-order chi connectivity index (χ1) is 9.54. The summed E-state index contributed by atoms with van der Waals surface area (Å²) in [5.41, 5.74) is 0.679. The second-order valence-corrected chi connectivity index (χ2v) is 5.80. The van der Waals surface area contributed by atoms with Gasteiger partial charge in [-0.3, -0.25) is 14.9 Å². The highest BCUT2D eigenvalue weighted by atomic mass is 79.9. The van der Waals surface area contributed by atoms with Gasteiger partial charge < -0.3 is 5.32 Å². The minimum absolute atomic E-state index is 0.0982. The molecular weight excluding hydrogens is 324 g/mol. The van der Waals surface area contributed by atoms with Gasteiger partial charge in [-0.2, -0.15) is 0 Å². The molecule has 1 aliphatic rings. The lowest BCUT2D eigenvalue weighted by molar-refractivity contribution is -0.385. The molecule has 1 N–H and O–H groups in total. The Morgan fingerprint density at radius 3 is 2.90 bits per heavy atom. The first-order valence-corrected chi connectivity index (χ1v) is 7.77. The Morgan fingerprint density at radius 1 is 1.50 bits per heavy atom. The number of rotatable bonds is 4. The fraction of sp³-hybridized carbons (Fsp3) is 0.500. The van der Waals surface area contributed by atoms with E-state index in [1.807, 2.05) is 0 Å². The Balaban J connectivity index is 2.23. The van der Waals surface area contributed by atoms with Gasteiger partial charge in [0, 0.05) is 17.4 Å². The smallest absolute Gasteiger partial charge is 0.282 e. The molecule has 0 saturated heterocycles. The predicted molar refractivity (Wildman–Crippen MR) is 80.2 cm³/mol. The van der Waals surface area contributed by atoms with Crippen molar-refractivity contribution in [3.8, 4) is 0 Å². The third-order valence-corrected chi connectivity index (χ3v) is 4.68. The molecule has 0 aliphatic heterocycles. The van der Waals surface area contributed by atoms with Crippen LogP contribution in [0, 0.1) is 23.0 Å². The van der Waals surface area contributed by atoms with Gasteiger partial charge >= 0.3 is 0 Å². The molecule has 1 fully saturated rings. The Morgan fingerprint density at radius 2 is 2.25 bits per heavy atom. The van der Waals surface area contributed by atoms with E-state index in [-0.39, 0.29) is 23.2 Å². The predicted octanol–water partition coefficient (Wildman–Crippen LogP) is 3.20. The van der Waals surface area contributed by atoms with E-state index >= 15 is 0 Å². The molecule has 5 nitrogen and oxygen atoms in total. The number of nitrogens with one attached hydrogen (secondary N) is 1. The van der Waals surface area contributed by atoms with Crippen molar-refractivity contribution in [2.45, 2.75) is 32.2 Å². The highest BCUT2D eigenvalue weighted by Crippen LogP contribution is 2.28. The van der Waals surface area contributed by atoms with E-state index in [2.05, 4.69) is 21.2 Å².